The van der Waals surface area contributed by atoms with Crippen LogP contribution in [-0.2, 0) is 13.0 Å². The Hall–Kier alpha value is -2.73. The summed E-state index contributed by atoms with van der Waals surface area (Å²) in [6.07, 6.45) is 10.5. The largest absolute Gasteiger partial charge is 0.334 e. The molecular formula is C25H31N5O. The number of aryl methyl sites for hydroxylation is 2. The number of imidazole rings is 1. The molecule has 6 heteroatoms. The number of rotatable bonds is 6. The fourth-order valence-corrected chi connectivity index (χ4v) is 5.01. The number of hydrogen-bond acceptors (Lipinski definition) is 4. The summed E-state index contributed by atoms with van der Waals surface area (Å²) < 4.78 is 2.08. The number of carbonyl (C=O) groups excluding carboxylic acids is 1. The molecule has 1 aromatic carbocycles. The molecule has 31 heavy (non-hydrogen) atoms. The summed E-state index contributed by atoms with van der Waals surface area (Å²) in [4.78, 5) is 27.2. The molecule has 6 nitrogen and oxygen atoms in total. The Kier molecular flexibility index (Phi) is 5.98. The number of likely N-dealkylation sites (tertiary alicyclic amines) is 2. The van der Waals surface area contributed by atoms with Crippen LogP contribution in [0.25, 0.3) is 11.2 Å². The Bertz CT molecular complexity index is 1020. The summed E-state index contributed by atoms with van der Waals surface area (Å²) in [5.74, 6) is 0.108. The second-order valence-electron chi connectivity index (χ2n) is 8.90. The molecule has 0 saturated carbocycles. The van der Waals surface area contributed by atoms with Gasteiger partial charge in [0.2, 0.25) is 0 Å². The number of aromatic nitrogens is 3. The highest BCUT2D eigenvalue weighted by molar-refractivity contribution is 5.96. The molecule has 1 unspecified atom stereocenters. The van der Waals surface area contributed by atoms with Crippen molar-refractivity contribution < 1.29 is 4.79 Å². The molecule has 2 aliphatic heterocycles. The quantitative estimate of drug-likeness (QED) is 0.613. The van der Waals surface area contributed by atoms with Crippen molar-refractivity contribution in [3.05, 3.63) is 60.0 Å². The van der Waals surface area contributed by atoms with Crippen molar-refractivity contribution in [2.45, 2.75) is 51.1 Å². The number of hydrogen-bond donors (Lipinski definition) is 0. The van der Waals surface area contributed by atoms with Gasteiger partial charge in [0.1, 0.15) is 5.52 Å². The maximum atomic E-state index is 13.4. The van der Waals surface area contributed by atoms with E-state index >= 15 is 0 Å². The lowest BCUT2D eigenvalue weighted by atomic mass is 10.0. The molecule has 2 fully saturated rings. The minimum Gasteiger partial charge on any atom is -0.334 e. The Morgan fingerprint density at radius 1 is 1.00 bits per heavy atom. The minimum absolute atomic E-state index is 0.108. The van der Waals surface area contributed by atoms with Gasteiger partial charge in [0.15, 0.2) is 5.65 Å². The summed E-state index contributed by atoms with van der Waals surface area (Å²) in [6, 6.07) is 12.7. The number of nitrogens with zero attached hydrogens (tertiary/aromatic N) is 5. The SMILES string of the molecule is O=C(c1cnc2c(c1)ncn2CCc1ccccc1)N1CCCCC1CN1CCCC1. The zero-order valence-electron chi connectivity index (χ0n) is 18.1. The van der Waals surface area contributed by atoms with E-state index in [4.69, 9.17) is 0 Å². The van der Waals surface area contributed by atoms with Crippen LogP contribution in [0.1, 0.15) is 48.0 Å². The van der Waals surface area contributed by atoms with E-state index in [1.54, 1.807) is 6.20 Å². The first-order chi connectivity index (χ1) is 15.3. The first kappa shape index (κ1) is 20.2. The van der Waals surface area contributed by atoms with Crippen LogP contribution in [0.5, 0.6) is 0 Å². The summed E-state index contributed by atoms with van der Waals surface area (Å²) in [6.45, 7) is 5.03. The Morgan fingerprint density at radius 3 is 2.65 bits per heavy atom. The summed E-state index contributed by atoms with van der Waals surface area (Å²) in [5.41, 5.74) is 3.60. The van der Waals surface area contributed by atoms with E-state index in [0.717, 1.165) is 50.1 Å². The smallest absolute Gasteiger partial charge is 0.255 e. The van der Waals surface area contributed by atoms with E-state index in [1.165, 1.54) is 37.9 Å². The maximum absolute atomic E-state index is 13.4. The third kappa shape index (κ3) is 4.49. The first-order valence-corrected chi connectivity index (χ1v) is 11.7. The Labute approximate surface area is 183 Å². The maximum Gasteiger partial charge on any atom is 0.255 e. The van der Waals surface area contributed by atoms with E-state index in [1.807, 2.05) is 18.5 Å². The van der Waals surface area contributed by atoms with Crippen molar-refractivity contribution in [2.75, 3.05) is 26.2 Å². The average Bonchev–Trinajstić information content (AvgIpc) is 3.48. The highest BCUT2D eigenvalue weighted by atomic mass is 16.2. The lowest BCUT2D eigenvalue weighted by Crippen LogP contribution is -2.49. The number of carbonyl (C=O) groups is 1. The molecule has 162 valence electrons. The van der Waals surface area contributed by atoms with Crippen LogP contribution < -0.4 is 0 Å². The van der Waals surface area contributed by atoms with E-state index in [2.05, 4.69) is 48.6 Å². The van der Waals surface area contributed by atoms with Gasteiger partial charge in [0.05, 0.1) is 11.9 Å². The van der Waals surface area contributed by atoms with Crippen molar-refractivity contribution in [2.24, 2.45) is 0 Å². The molecule has 5 rings (SSSR count). The standard InChI is InChI=1S/C25H31N5O/c31-25(30-14-5-4-10-22(30)18-28-12-6-7-13-28)21-16-23-24(26-17-21)29(19-27-23)15-11-20-8-2-1-3-9-20/h1-3,8-9,16-17,19,22H,4-7,10-15,18H2. The second-order valence-corrected chi connectivity index (χ2v) is 8.90. The second kappa shape index (κ2) is 9.18. The van der Waals surface area contributed by atoms with Gasteiger partial charge in [-0.3, -0.25) is 4.79 Å². The summed E-state index contributed by atoms with van der Waals surface area (Å²) in [7, 11) is 0. The van der Waals surface area contributed by atoms with Crippen LogP contribution in [0, 0.1) is 0 Å². The molecule has 0 bridgehead atoms. The Morgan fingerprint density at radius 2 is 1.81 bits per heavy atom. The van der Waals surface area contributed by atoms with Crippen molar-refractivity contribution >= 4 is 17.1 Å². The summed E-state index contributed by atoms with van der Waals surface area (Å²) >= 11 is 0. The molecule has 0 spiro atoms. The normalized spacial score (nSPS) is 19.9. The molecule has 2 aromatic heterocycles. The topological polar surface area (TPSA) is 54.3 Å². The van der Waals surface area contributed by atoms with Crippen LogP contribution in [-0.4, -0.2) is 62.5 Å². The number of pyridine rings is 1. The van der Waals surface area contributed by atoms with Crippen molar-refractivity contribution in [3.63, 3.8) is 0 Å². The van der Waals surface area contributed by atoms with Crippen LogP contribution in [0.2, 0.25) is 0 Å². The van der Waals surface area contributed by atoms with Gasteiger partial charge in [-0.05, 0) is 63.2 Å². The predicted octanol–water partition coefficient (Wildman–Crippen LogP) is 3.76. The number of fused-ring (bicyclic) bond motifs is 1. The molecule has 2 aliphatic rings. The van der Waals surface area contributed by atoms with E-state index in [-0.39, 0.29) is 5.91 Å². The first-order valence-electron chi connectivity index (χ1n) is 11.7. The highest BCUT2D eigenvalue weighted by Crippen LogP contribution is 2.23. The van der Waals surface area contributed by atoms with E-state index in [0.29, 0.717) is 11.6 Å². The Balaban J connectivity index is 1.30. The van der Waals surface area contributed by atoms with Gasteiger partial charge in [-0.15, -0.1) is 0 Å². The van der Waals surface area contributed by atoms with Crippen LogP contribution in [0.15, 0.2) is 48.9 Å². The van der Waals surface area contributed by atoms with Crippen LogP contribution >= 0.6 is 0 Å². The third-order valence-electron chi connectivity index (χ3n) is 6.74. The van der Waals surface area contributed by atoms with E-state index < -0.39 is 0 Å². The van der Waals surface area contributed by atoms with Crippen molar-refractivity contribution in [3.8, 4) is 0 Å². The van der Waals surface area contributed by atoms with Gasteiger partial charge in [-0.2, -0.15) is 0 Å². The molecule has 1 atom stereocenters. The monoisotopic (exact) mass is 417 g/mol. The van der Waals surface area contributed by atoms with Gasteiger partial charge in [0, 0.05) is 31.9 Å². The van der Waals surface area contributed by atoms with Crippen molar-refractivity contribution in [1.82, 2.24) is 24.3 Å². The number of benzene rings is 1. The lowest BCUT2D eigenvalue weighted by Gasteiger charge is -2.38. The zero-order chi connectivity index (χ0) is 21.0. The highest BCUT2D eigenvalue weighted by Gasteiger charge is 2.30. The summed E-state index contributed by atoms with van der Waals surface area (Å²) in [5, 5.41) is 0. The lowest BCUT2D eigenvalue weighted by molar-refractivity contribution is 0.0560. The van der Waals surface area contributed by atoms with Gasteiger partial charge in [0.25, 0.3) is 5.91 Å². The van der Waals surface area contributed by atoms with Crippen molar-refractivity contribution in [1.29, 1.82) is 0 Å². The third-order valence-corrected chi connectivity index (χ3v) is 6.74. The zero-order valence-corrected chi connectivity index (χ0v) is 18.1. The molecule has 3 aromatic rings. The predicted molar refractivity (Wildman–Crippen MR) is 122 cm³/mol. The fraction of sp³-hybridized carbons (Fsp3) is 0.480. The van der Waals surface area contributed by atoms with Gasteiger partial charge in [-0.1, -0.05) is 30.3 Å². The van der Waals surface area contributed by atoms with Gasteiger partial charge in [-0.25, -0.2) is 9.97 Å². The molecular weight excluding hydrogens is 386 g/mol. The van der Waals surface area contributed by atoms with Crippen LogP contribution in [0.3, 0.4) is 0 Å². The number of amides is 1. The minimum atomic E-state index is 0.108. The van der Waals surface area contributed by atoms with Gasteiger partial charge < -0.3 is 14.4 Å². The fourth-order valence-electron chi connectivity index (χ4n) is 5.01. The molecule has 0 radical (unpaired) electrons. The molecule has 0 N–H and O–H groups in total. The average molecular weight is 418 g/mol. The molecule has 4 heterocycles. The van der Waals surface area contributed by atoms with Gasteiger partial charge >= 0.3 is 0 Å². The number of piperidine rings is 1. The molecule has 0 aliphatic carbocycles. The van der Waals surface area contributed by atoms with Crippen LogP contribution in [0.4, 0.5) is 0 Å². The molecule has 1 amide bonds. The molecule has 2 saturated heterocycles. The van der Waals surface area contributed by atoms with E-state index in [9.17, 15) is 4.79 Å².